The molecule has 0 fully saturated rings. The van der Waals surface area contributed by atoms with Crippen molar-refractivity contribution in [3.05, 3.63) is 88.0 Å². The molecule has 7 nitrogen and oxygen atoms in total. The monoisotopic (exact) mass is 504 g/mol. The number of aryl methyl sites for hydroxylation is 1. The molecule has 4 rings (SSSR count). The first-order chi connectivity index (χ1) is 17.8. The number of rotatable bonds is 8. The first-order valence-corrected chi connectivity index (χ1v) is 12.7. The second-order valence-electron chi connectivity index (χ2n) is 9.34. The molecule has 2 aromatic carbocycles. The number of carbonyl (C=O) groups excluding carboxylic acids is 2. The molecular formula is C29H33FN4O3. The maximum Gasteiger partial charge on any atom is 0.281 e. The summed E-state index contributed by atoms with van der Waals surface area (Å²) in [6.07, 6.45) is 2.97. The number of halogens is 1. The standard InChI is InChI=1S/C29H33FN4O3/c1-4-33(26-11-7-9-20-8-5-6-10-23(20)26)18-27(35)34-25(21-12-14-22(30)15-13-21)17-16-24(29(34)37)32-28(36)19(2)31-3/h5-6,8,10,12-17,19,26,31H,4,7,9,11,18H2,1-3H3,(H,32,36)/t19-,26?/m0/s1. The van der Waals surface area contributed by atoms with Crippen LogP contribution in [-0.4, -0.2) is 47.5 Å². The summed E-state index contributed by atoms with van der Waals surface area (Å²) in [4.78, 5) is 41.9. The predicted molar refractivity (Wildman–Crippen MR) is 143 cm³/mol. The summed E-state index contributed by atoms with van der Waals surface area (Å²) in [7, 11) is 1.65. The minimum Gasteiger partial charge on any atom is -0.320 e. The van der Waals surface area contributed by atoms with E-state index in [1.807, 2.05) is 19.1 Å². The van der Waals surface area contributed by atoms with E-state index in [1.54, 1.807) is 20.0 Å². The summed E-state index contributed by atoms with van der Waals surface area (Å²) in [5.41, 5.74) is 2.77. The zero-order chi connectivity index (χ0) is 26.5. The molecular weight excluding hydrogens is 471 g/mol. The van der Waals surface area contributed by atoms with Gasteiger partial charge in [0, 0.05) is 6.04 Å². The van der Waals surface area contributed by atoms with Crippen molar-refractivity contribution in [3.63, 3.8) is 0 Å². The highest BCUT2D eigenvalue weighted by molar-refractivity contribution is 5.95. The zero-order valence-corrected chi connectivity index (χ0v) is 21.5. The molecule has 2 N–H and O–H groups in total. The Hall–Kier alpha value is -3.62. The molecule has 0 radical (unpaired) electrons. The number of hydrogen-bond acceptors (Lipinski definition) is 5. The number of nitrogens with one attached hydrogen (secondary N) is 2. The van der Waals surface area contributed by atoms with E-state index in [0.29, 0.717) is 17.8 Å². The van der Waals surface area contributed by atoms with E-state index in [2.05, 4.69) is 27.7 Å². The molecule has 194 valence electrons. The van der Waals surface area contributed by atoms with E-state index in [-0.39, 0.29) is 24.2 Å². The Morgan fingerprint density at radius 1 is 1.11 bits per heavy atom. The van der Waals surface area contributed by atoms with Crippen LogP contribution >= 0.6 is 0 Å². The molecule has 3 aromatic rings. The Morgan fingerprint density at radius 2 is 1.84 bits per heavy atom. The number of nitrogens with zero attached hydrogens (tertiary/aromatic N) is 2. The van der Waals surface area contributed by atoms with Crippen molar-refractivity contribution in [1.82, 2.24) is 14.8 Å². The van der Waals surface area contributed by atoms with Crippen molar-refractivity contribution < 1.29 is 14.0 Å². The highest BCUT2D eigenvalue weighted by Gasteiger charge is 2.28. The van der Waals surface area contributed by atoms with Gasteiger partial charge in [-0.25, -0.2) is 8.96 Å². The third kappa shape index (κ3) is 5.70. The fourth-order valence-corrected chi connectivity index (χ4v) is 4.89. The van der Waals surface area contributed by atoms with Crippen LogP contribution in [0.2, 0.25) is 0 Å². The lowest BCUT2D eigenvalue weighted by Gasteiger charge is -2.35. The minimum absolute atomic E-state index is 0.0115. The van der Waals surface area contributed by atoms with Crippen LogP contribution in [0.1, 0.15) is 48.7 Å². The maximum atomic E-state index is 13.8. The molecule has 1 heterocycles. The minimum atomic E-state index is -0.622. The van der Waals surface area contributed by atoms with Gasteiger partial charge in [-0.2, -0.15) is 0 Å². The fraction of sp³-hybridized carbons (Fsp3) is 0.345. The molecule has 0 bridgehead atoms. The van der Waals surface area contributed by atoms with E-state index >= 15 is 0 Å². The third-order valence-corrected chi connectivity index (χ3v) is 7.08. The number of amides is 1. The Kier molecular flexibility index (Phi) is 8.31. The van der Waals surface area contributed by atoms with Gasteiger partial charge in [-0.3, -0.25) is 19.3 Å². The summed E-state index contributed by atoms with van der Waals surface area (Å²) < 4.78 is 14.7. The van der Waals surface area contributed by atoms with Crippen molar-refractivity contribution in [2.24, 2.45) is 0 Å². The molecule has 1 aromatic heterocycles. The topological polar surface area (TPSA) is 83.4 Å². The molecule has 8 heteroatoms. The number of carbonyl (C=O) groups is 2. The van der Waals surface area contributed by atoms with Gasteiger partial charge >= 0.3 is 0 Å². The number of anilines is 1. The van der Waals surface area contributed by atoms with Crippen LogP contribution in [0.3, 0.4) is 0 Å². The van der Waals surface area contributed by atoms with Gasteiger partial charge < -0.3 is 10.6 Å². The van der Waals surface area contributed by atoms with Gasteiger partial charge in [-0.15, -0.1) is 0 Å². The molecule has 37 heavy (non-hydrogen) atoms. The van der Waals surface area contributed by atoms with Crippen molar-refractivity contribution in [1.29, 1.82) is 0 Å². The average molecular weight is 505 g/mol. The van der Waals surface area contributed by atoms with Crippen LogP contribution < -0.4 is 16.2 Å². The number of hydrogen-bond donors (Lipinski definition) is 2. The quantitative estimate of drug-likeness (QED) is 0.480. The SMILES string of the molecule is CCN(CC(=O)n1c(-c2ccc(F)cc2)ccc(NC(=O)[C@H](C)NC)c1=O)C1CCCc2ccccc21. The fourth-order valence-electron chi connectivity index (χ4n) is 4.89. The molecule has 0 saturated carbocycles. The van der Waals surface area contributed by atoms with Gasteiger partial charge in [0.1, 0.15) is 11.5 Å². The van der Waals surface area contributed by atoms with E-state index in [1.165, 1.54) is 41.5 Å². The number of fused-ring (bicyclic) bond motifs is 1. The molecule has 1 unspecified atom stereocenters. The van der Waals surface area contributed by atoms with Gasteiger partial charge in [-0.05, 0) is 92.9 Å². The molecule has 0 spiro atoms. The molecule has 1 aliphatic rings. The van der Waals surface area contributed by atoms with Gasteiger partial charge in [0.05, 0.1) is 18.3 Å². The Bertz CT molecular complexity index is 1340. The van der Waals surface area contributed by atoms with Crippen LogP contribution in [0.5, 0.6) is 0 Å². The highest BCUT2D eigenvalue weighted by atomic mass is 19.1. The number of likely N-dealkylation sites (N-methyl/N-ethyl adjacent to an activating group) is 2. The van der Waals surface area contributed by atoms with Crippen molar-refractivity contribution in [3.8, 4) is 11.3 Å². The van der Waals surface area contributed by atoms with Crippen molar-refractivity contribution in [2.75, 3.05) is 25.5 Å². The molecule has 1 aliphatic carbocycles. The highest BCUT2D eigenvalue weighted by Crippen LogP contribution is 2.34. The Morgan fingerprint density at radius 3 is 2.54 bits per heavy atom. The second-order valence-corrected chi connectivity index (χ2v) is 9.34. The predicted octanol–water partition coefficient (Wildman–Crippen LogP) is 4.24. The lowest BCUT2D eigenvalue weighted by molar-refractivity contribution is -0.117. The van der Waals surface area contributed by atoms with E-state index < -0.39 is 23.3 Å². The second kappa shape index (κ2) is 11.6. The number of benzene rings is 2. The molecule has 0 saturated heterocycles. The van der Waals surface area contributed by atoms with Gasteiger partial charge in [-0.1, -0.05) is 31.2 Å². The van der Waals surface area contributed by atoms with Crippen LogP contribution in [0, 0.1) is 5.82 Å². The lowest BCUT2D eigenvalue weighted by atomic mass is 9.87. The first kappa shape index (κ1) is 26.4. The van der Waals surface area contributed by atoms with Crippen molar-refractivity contribution >= 4 is 17.5 Å². The zero-order valence-electron chi connectivity index (χ0n) is 21.5. The Balaban J connectivity index is 1.72. The summed E-state index contributed by atoms with van der Waals surface area (Å²) >= 11 is 0. The summed E-state index contributed by atoms with van der Waals surface area (Å²) in [5, 5.41) is 5.46. The van der Waals surface area contributed by atoms with Gasteiger partial charge in [0.25, 0.3) is 5.56 Å². The lowest BCUT2D eigenvalue weighted by Crippen LogP contribution is -2.42. The van der Waals surface area contributed by atoms with Crippen LogP contribution in [0.15, 0.2) is 65.5 Å². The number of aromatic nitrogens is 1. The van der Waals surface area contributed by atoms with Crippen molar-refractivity contribution in [2.45, 2.75) is 45.2 Å². The summed E-state index contributed by atoms with van der Waals surface area (Å²) in [6, 6.07) is 16.6. The normalized spacial score (nSPS) is 15.8. The van der Waals surface area contributed by atoms with Gasteiger partial charge in [0.15, 0.2) is 0 Å². The van der Waals surface area contributed by atoms with E-state index in [9.17, 15) is 18.8 Å². The third-order valence-electron chi connectivity index (χ3n) is 7.08. The molecule has 0 aliphatic heterocycles. The van der Waals surface area contributed by atoms with E-state index in [0.717, 1.165) is 23.8 Å². The largest absolute Gasteiger partial charge is 0.320 e. The Labute approximate surface area is 216 Å². The molecule has 1 amide bonds. The van der Waals surface area contributed by atoms with Crippen LogP contribution in [0.4, 0.5) is 10.1 Å². The number of pyridine rings is 1. The smallest absolute Gasteiger partial charge is 0.281 e. The maximum absolute atomic E-state index is 13.8. The van der Waals surface area contributed by atoms with Crippen LogP contribution in [-0.2, 0) is 11.2 Å². The van der Waals surface area contributed by atoms with E-state index in [4.69, 9.17) is 0 Å². The summed E-state index contributed by atoms with van der Waals surface area (Å²) in [5.74, 6) is -1.21. The molecule has 2 atom stereocenters. The van der Waals surface area contributed by atoms with Gasteiger partial charge in [0.2, 0.25) is 11.8 Å². The summed E-state index contributed by atoms with van der Waals surface area (Å²) in [6.45, 7) is 4.33. The average Bonchev–Trinajstić information content (AvgIpc) is 2.92. The first-order valence-electron chi connectivity index (χ1n) is 12.7. The van der Waals surface area contributed by atoms with Crippen LogP contribution in [0.25, 0.3) is 11.3 Å².